The molecule has 0 unspecified atom stereocenters. The number of rotatable bonds is 4. The Kier molecular flexibility index (Phi) is 4.72. The van der Waals surface area contributed by atoms with Gasteiger partial charge in [-0.1, -0.05) is 25.4 Å². The quantitative estimate of drug-likeness (QED) is 0.857. The first-order chi connectivity index (χ1) is 8.20. The zero-order valence-corrected chi connectivity index (χ0v) is 11.6. The molecule has 0 saturated carbocycles. The summed E-state index contributed by atoms with van der Waals surface area (Å²) >= 11 is 5.74. The molecule has 0 bridgehead atoms. The standard InChI is InChI=1S/C11H14ClNO4S/c1-7(2)6-17-11(14)8-3-9(12)5-10(4-8)18(13,15)16/h3-5,7H,6H2,1-2H3,(H2,13,15,16). The van der Waals surface area contributed by atoms with Gasteiger partial charge >= 0.3 is 5.97 Å². The van der Waals surface area contributed by atoms with Crippen LogP contribution < -0.4 is 5.14 Å². The van der Waals surface area contributed by atoms with Crippen LogP contribution in [0.5, 0.6) is 0 Å². The highest BCUT2D eigenvalue weighted by atomic mass is 35.5. The van der Waals surface area contributed by atoms with Crippen molar-refractivity contribution < 1.29 is 17.9 Å². The summed E-state index contributed by atoms with van der Waals surface area (Å²) in [5.74, 6) is -0.443. The Labute approximate surface area is 111 Å². The Morgan fingerprint density at radius 2 is 2.00 bits per heavy atom. The molecule has 7 heteroatoms. The number of hydrogen-bond donors (Lipinski definition) is 1. The second kappa shape index (κ2) is 5.69. The van der Waals surface area contributed by atoms with Gasteiger partial charge in [0.25, 0.3) is 0 Å². The first-order valence-electron chi connectivity index (χ1n) is 5.20. The summed E-state index contributed by atoms with van der Waals surface area (Å²) in [4.78, 5) is 11.4. The third kappa shape index (κ3) is 4.29. The summed E-state index contributed by atoms with van der Waals surface area (Å²) < 4.78 is 27.4. The van der Waals surface area contributed by atoms with Crippen LogP contribution in [0.15, 0.2) is 23.1 Å². The number of esters is 1. The summed E-state index contributed by atoms with van der Waals surface area (Å²) in [6.45, 7) is 4.03. The van der Waals surface area contributed by atoms with Crippen molar-refractivity contribution in [1.82, 2.24) is 0 Å². The van der Waals surface area contributed by atoms with Crippen molar-refractivity contribution in [2.24, 2.45) is 11.1 Å². The number of sulfonamides is 1. The van der Waals surface area contributed by atoms with Crippen LogP contribution in [0.3, 0.4) is 0 Å². The predicted molar refractivity (Wildman–Crippen MR) is 67.9 cm³/mol. The SMILES string of the molecule is CC(C)COC(=O)c1cc(Cl)cc(S(N)(=O)=O)c1. The minimum atomic E-state index is -3.90. The average Bonchev–Trinajstić information content (AvgIpc) is 2.23. The van der Waals surface area contributed by atoms with Crippen LogP contribution in [0.25, 0.3) is 0 Å². The summed E-state index contributed by atoms with van der Waals surface area (Å²) in [7, 11) is -3.90. The lowest BCUT2D eigenvalue weighted by molar-refractivity contribution is 0.0458. The molecular weight excluding hydrogens is 278 g/mol. The van der Waals surface area contributed by atoms with Crippen LogP contribution in [0.4, 0.5) is 0 Å². The smallest absolute Gasteiger partial charge is 0.338 e. The number of halogens is 1. The number of carbonyl (C=O) groups is 1. The van der Waals surface area contributed by atoms with Gasteiger partial charge in [0.05, 0.1) is 17.1 Å². The first kappa shape index (κ1) is 14.9. The Balaban J connectivity index is 3.03. The van der Waals surface area contributed by atoms with Gasteiger partial charge in [-0.2, -0.15) is 0 Å². The minimum absolute atomic E-state index is 0.0622. The zero-order valence-electron chi connectivity index (χ0n) is 10.0. The maximum absolute atomic E-state index is 11.7. The highest BCUT2D eigenvalue weighted by molar-refractivity contribution is 7.89. The fraction of sp³-hybridized carbons (Fsp3) is 0.364. The molecule has 1 aromatic rings. The number of nitrogens with two attached hydrogens (primary N) is 1. The van der Waals surface area contributed by atoms with Gasteiger partial charge in [-0.3, -0.25) is 0 Å². The fourth-order valence-electron chi connectivity index (χ4n) is 1.17. The third-order valence-corrected chi connectivity index (χ3v) is 3.09. The van der Waals surface area contributed by atoms with E-state index in [1.807, 2.05) is 13.8 Å². The van der Waals surface area contributed by atoms with E-state index in [-0.39, 0.29) is 28.0 Å². The summed E-state index contributed by atoms with van der Waals surface area (Å²) in [6, 6.07) is 3.65. The second-order valence-corrected chi connectivity index (χ2v) is 6.21. The average molecular weight is 292 g/mol. The van der Waals surface area contributed by atoms with Crippen LogP contribution in [0, 0.1) is 5.92 Å². The van der Waals surface area contributed by atoms with Crippen molar-refractivity contribution >= 4 is 27.6 Å². The molecule has 0 fully saturated rings. The molecule has 0 aliphatic carbocycles. The van der Waals surface area contributed by atoms with Gasteiger partial charge in [0.2, 0.25) is 10.0 Å². The van der Waals surface area contributed by atoms with E-state index in [2.05, 4.69) is 0 Å². The maximum atomic E-state index is 11.7. The molecule has 0 aromatic heterocycles. The van der Waals surface area contributed by atoms with E-state index in [1.54, 1.807) is 0 Å². The molecule has 0 atom stereocenters. The molecule has 0 spiro atoms. The summed E-state index contributed by atoms with van der Waals surface area (Å²) in [6.07, 6.45) is 0. The molecule has 1 rings (SSSR count). The predicted octanol–water partition coefficient (Wildman–Crippen LogP) is 1.80. The number of ether oxygens (including phenoxy) is 1. The molecule has 18 heavy (non-hydrogen) atoms. The highest BCUT2D eigenvalue weighted by Gasteiger charge is 2.15. The molecule has 5 nitrogen and oxygen atoms in total. The van der Waals surface area contributed by atoms with Crippen LogP contribution >= 0.6 is 11.6 Å². The van der Waals surface area contributed by atoms with Crippen molar-refractivity contribution in [2.45, 2.75) is 18.7 Å². The van der Waals surface area contributed by atoms with E-state index in [0.717, 1.165) is 6.07 Å². The van der Waals surface area contributed by atoms with Crippen molar-refractivity contribution in [3.05, 3.63) is 28.8 Å². The van der Waals surface area contributed by atoms with Crippen LogP contribution in [-0.2, 0) is 14.8 Å². The minimum Gasteiger partial charge on any atom is -0.462 e. The van der Waals surface area contributed by atoms with E-state index in [4.69, 9.17) is 21.5 Å². The van der Waals surface area contributed by atoms with E-state index in [0.29, 0.717) is 0 Å². The van der Waals surface area contributed by atoms with Gasteiger partial charge in [0.1, 0.15) is 0 Å². The lowest BCUT2D eigenvalue weighted by Gasteiger charge is -2.08. The highest BCUT2D eigenvalue weighted by Crippen LogP contribution is 2.19. The molecule has 100 valence electrons. The van der Waals surface area contributed by atoms with Crippen LogP contribution in [0.2, 0.25) is 5.02 Å². The lowest BCUT2D eigenvalue weighted by Crippen LogP contribution is -2.14. The van der Waals surface area contributed by atoms with Gasteiger partial charge in [-0.25, -0.2) is 18.4 Å². The second-order valence-electron chi connectivity index (χ2n) is 4.21. The molecule has 0 aliphatic heterocycles. The number of hydrogen-bond acceptors (Lipinski definition) is 4. The topological polar surface area (TPSA) is 86.5 Å². The third-order valence-electron chi connectivity index (χ3n) is 1.98. The number of primary sulfonamides is 1. The molecule has 0 aliphatic rings. The lowest BCUT2D eigenvalue weighted by atomic mass is 10.2. The van der Waals surface area contributed by atoms with Gasteiger partial charge in [0, 0.05) is 5.02 Å². The maximum Gasteiger partial charge on any atom is 0.338 e. The Morgan fingerprint density at radius 3 is 2.50 bits per heavy atom. The first-order valence-corrected chi connectivity index (χ1v) is 7.13. The number of benzene rings is 1. The summed E-state index contributed by atoms with van der Waals surface area (Å²) in [5.41, 5.74) is 0.0622. The largest absolute Gasteiger partial charge is 0.462 e. The van der Waals surface area contributed by atoms with Crippen LogP contribution in [-0.4, -0.2) is 21.0 Å². The normalized spacial score (nSPS) is 11.6. The van der Waals surface area contributed by atoms with Crippen LogP contribution in [0.1, 0.15) is 24.2 Å². The van der Waals surface area contributed by atoms with E-state index in [1.165, 1.54) is 12.1 Å². The monoisotopic (exact) mass is 291 g/mol. The van der Waals surface area contributed by atoms with Crippen molar-refractivity contribution in [3.63, 3.8) is 0 Å². The molecule has 0 amide bonds. The molecule has 0 radical (unpaired) electrons. The van der Waals surface area contributed by atoms with Gasteiger partial charge in [0.15, 0.2) is 0 Å². The van der Waals surface area contributed by atoms with Crippen molar-refractivity contribution in [3.8, 4) is 0 Å². The Bertz CT molecular complexity index is 554. The molecule has 2 N–H and O–H groups in total. The Hall–Kier alpha value is -1.11. The van der Waals surface area contributed by atoms with Gasteiger partial charge < -0.3 is 4.74 Å². The Morgan fingerprint density at radius 1 is 1.39 bits per heavy atom. The molecule has 0 saturated heterocycles. The van der Waals surface area contributed by atoms with Crippen molar-refractivity contribution in [2.75, 3.05) is 6.61 Å². The fourth-order valence-corrected chi connectivity index (χ4v) is 2.05. The van der Waals surface area contributed by atoms with E-state index >= 15 is 0 Å². The van der Waals surface area contributed by atoms with Gasteiger partial charge in [-0.15, -0.1) is 0 Å². The van der Waals surface area contributed by atoms with Gasteiger partial charge in [-0.05, 0) is 24.1 Å². The van der Waals surface area contributed by atoms with Crippen molar-refractivity contribution in [1.29, 1.82) is 0 Å². The van der Waals surface area contributed by atoms with E-state index < -0.39 is 16.0 Å². The molecule has 1 aromatic carbocycles. The molecular formula is C11H14ClNO4S. The molecule has 0 heterocycles. The summed E-state index contributed by atoms with van der Waals surface area (Å²) in [5, 5.41) is 5.09. The van der Waals surface area contributed by atoms with E-state index in [9.17, 15) is 13.2 Å². The zero-order chi connectivity index (χ0) is 13.9. The number of carbonyl (C=O) groups excluding carboxylic acids is 1.